The van der Waals surface area contributed by atoms with E-state index >= 15 is 0 Å². The molecule has 1 atom stereocenters. The summed E-state index contributed by atoms with van der Waals surface area (Å²) in [5, 5.41) is 11.7. The lowest BCUT2D eigenvalue weighted by molar-refractivity contribution is -0.978. The minimum Gasteiger partial charge on any atom is -1.00 e. The SMILES string of the molecule is BrCc1ccccc1.CC(=O)CN=C(c1ccccc1)c1ccccc1.CC(=O)[C@H](Cc1ccccc1)N=C(c1ccccc1)c1ccccc1.Cc1cc2ccccc2c2c1C[N+]1(Cc3ccc4ccccc4c3-c3c(ccc4ccccc34)C1)Cc1c(C)cc3ccccc3c1-2.[Br-]. The molecule has 5 nitrogen and oxygen atoms in total. The predicted molar refractivity (Wildman–Crippen MR) is 415 cm³/mol. The highest BCUT2D eigenvalue weighted by molar-refractivity contribution is 9.08. The summed E-state index contributed by atoms with van der Waals surface area (Å²) in [6, 6.07) is 110. The molecule has 488 valence electrons. The fourth-order valence-electron chi connectivity index (χ4n) is 14.3. The average Bonchev–Trinajstić information content (AvgIpc) is 1.57. The lowest BCUT2D eigenvalue weighted by Crippen LogP contribution is -3.00. The van der Waals surface area contributed by atoms with Crippen molar-refractivity contribution in [2.45, 2.75) is 71.7 Å². The van der Waals surface area contributed by atoms with Gasteiger partial charge in [0, 0.05) is 56.3 Å². The summed E-state index contributed by atoms with van der Waals surface area (Å²) in [4.78, 5) is 32.7. The van der Waals surface area contributed by atoms with Gasteiger partial charge >= 0.3 is 0 Å². The molecule has 14 aromatic carbocycles. The van der Waals surface area contributed by atoms with Crippen LogP contribution in [0, 0.1) is 13.8 Å². The van der Waals surface area contributed by atoms with Crippen LogP contribution >= 0.6 is 15.9 Å². The molecular formula is C92H79Br2N3O2. The summed E-state index contributed by atoms with van der Waals surface area (Å²) in [5.74, 6) is 0.146. The summed E-state index contributed by atoms with van der Waals surface area (Å²) in [7, 11) is 0. The van der Waals surface area contributed by atoms with E-state index in [4.69, 9.17) is 4.99 Å². The number of carbonyl (C=O) groups excluding carboxylic acids is 2. The van der Waals surface area contributed by atoms with Gasteiger partial charge in [-0.1, -0.05) is 331 Å². The molecule has 7 heteroatoms. The van der Waals surface area contributed by atoms with E-state index in [1.807, 2.05) is 170 Å². The minimum atomic E-state index is -0.391. The molecule has 0 fully saturated rings. The molecule has 0 aliphatic carbocycles. The Labute approximate surface area is 601 Å². The Balaban J connectivity index is 0.000000149. The molecule has 0 aromatic heterocycles. The number of carbonyl (C=O) groups is 2. The molecular weight excluding hydrogens is 1340 g/mol. The van der Waals surface area contributed by atoms with Gasteiger partial charge in [0.15, 0.2) is 11.6 Å². The van der Waals surface area contributed by atoms with Gasteiger partial charge in [-0.2, -0.15) is 0 Å². The Hall–Kier alpha value is -10.3. The van der Waals surface area contributed by atoms with E-state index < -0.39 is 6.04 Å². The van der Waals surface area contributed by atoms with Gasteiger partial charge in [-0.15, -0.1) is 0 Å². The number of ketones is 2. The molecule has 99 heavy (non-hydrogen) atoms. The predicted octanol–water partition coefficient (Wildman–Crippen LogP) is 19.2. The van der Waals surface area contributed by atoms with Gasteiger partial charge < -0.3 is 21.5 Å². The number of rotatable bonds is 11. The quantitative estimate of drug-likeness (QED) is 0.0736. The third kappa shape index (κ3) is 15.7. The first kappa shape index (κ1) is 68.7. The average molecular weight is 1420 g/mol. The van der Waals surface area contributed by atoms with Crippen LogP contribution in [0.1, 0.15) is 80.6 Å². The molecule has 0 saturated heterocycles. The number of halogens is 2. The van der Waals surface area contributed by atoms with E-state index in [1.165, 1.54) is 104 Å². The number of hydrogen-bond acceptors (Lipinski definition) is 4. The topological polar surface area (TPSA) is 58.9 Å². The molecule has 0 amide bonds. The van der Waals surface area contributed by atoms with Crippen LogP contribution < -0.4 is 17.0 Å². The maximum atomic E-state index is 12.2. The second-order valence-electron chi connectivity index (χ2n) is 25.9. The number of aliphatic imine (C=N–C) groups is 2. The molecule has 14 aromatic rings. The number of alkyl halides is 1. The van der Waals surface area contributed by atoms with Gasteiger partial charge in [0.05, 0.1) is 18.0 Å². The number of nitrogens with zero attached hydrogens (tertiary/aromatic N) is 3. The number of fused-ring (bicyclic) bond motifs is 14. The molecule has 1 spiro atoms. The molecule has 2 aliphatic heterocycles. The fraction of sp³-hybridized carbons (Fsp3) is 0.130. The Morgan fingerprint density at radius 3 is 1.08 bits per heavy atom. The monoisotopic (exact) mass is 1420 g/mol. The summed E-state index contributed by atoms with van der Waals surface area (Å²) in [5.41, 5.74) is 22.8. The van der Waals surface area contributed by atoms with E-state index in [0.717, 1.165) is 75.2 Å². The molecule has 16 rings (SSSR count). The lowest BCUT2D eigenvalue weighted by Gasteiger charge is -2.38. The molecule has 0 bridgehead atoms. The maximum absolute atomic E-state index is 12.2. The van der Waals surface area contributed by atoms with Crippen LogP contribution in [-0.2, 0) is 47.5 Å². The van der Waals surface area contributed by atoms with Crippen molar-refractivity contribution in [3.05, 3.63) is 382 Å². The first-order valence-electron chi connectivity index (χ1n) is 33.9. The normalized spacial score (nSPS) is 12.5. The summed E-state index contributed by atoms with van der Waals surface area (Å²) >= 11 is 3.36. The zero-order valence-electron chi connectivity index (χ0n) is 56.5. The van der Waals surface area contributed by atoms with Crippen molar-refractivity contribution in [1.29, 1.82) is 0 Å². The zero-order chi connectivity index (χ0) is 67.4. The first-order valence-corrected chi connectivity index (χ1v) is 35.0. The third-order valence-electron chi connectivity index (χ3n) is 19.0. The number of benzene rings is 14. The Morgan fingerprint density at radius 1 is 0.384 bits per heavy atom. The van der Waals surface area contributed by atoms with Crippen LogP contribution in [-0.4, -0.2) is 40.1 Å². The van der Waals surface area contributed by atoms with Crippen molar-refractivity contribution in [1.82, 2.24) is 0 Å². The number of aryl methyl sites for hydroxylation is 2. The highest BCUT2D eigenvalue weighted by atomic mass is 79.9. The second kappa shape index (κ2) is 31.9. The summed E-state index contributed by atoms with van der Waals surface area (Å²) in [6.07, 6.45) is 0.610. The van der Waals surface area contributed by atoms with Gasteiger partial charge in [0.25, 0.3) is 0 Å². The fourth-order valence-corrected chi connectivity index (χ4v) is 14.7. The zero-order valence-corrected chi connectivity index (χ0v) is 59.6. The Kier molecular flexibility index (Phi) is 22.1. The van der Waals surface area contributed by atoms with Gasteiger partial charge in [-0.05, 0) is 115 Å². The summed E-state index contributed by atoms with van der Waals surface area (Å²) in [6.45, 7) is 12.1. The van der Waals surface area contributed by atoms with E-state index in [0.29, 0.717) is 6.42 Å². The van der Waals surface area contributed by atoms with Gasteiger partial charge in [0.1, 0.15) is 32.2 Å². The molecule has 0 unspecified atom stereocenters. The third-order valence-corrected chi connectivity index (χ3v) is 19.6. The maximum Gasteiger partial charge on any atom is 0.154 e. The van der Waals surface area contributed by atoms with Gasteiger partial charge in [-0.3, -0.25) is 19.6 Å². The Morgan fingerprint density at radius 2 is 0.717 bits per heavy atom. The van der Waals surface area contributed by atoms with Gasteiger partial charge in [0.2, 0.25) is 0 Å². The smallest absolute Gasteiger partial charge is 0.154 e. The van der Waals surface area contributed by atoms with Crippen LogP contribution in [0.5, 0.6) is 0 Å². The van der Waals surface area contributed by atoms with Crippen molar-refractivity contribution in [2.24, 2.45) is 9.98 Å². The highest BCUT2D eigenvalue weighted by Crippen LogP contribution is 2.51. The van der Waals surface area contributed by atoms with Gasteiger partial charge in [-0.25, -0.2) is 0 Å². The van der Waals surface area contributed by atoms with Crippen molar-refractivity contribution < 1.29 is 31.1 Å². The molecule has 0 radical (unpaired) electrons. The minimum absolute atomic E-state index is 0. The number of Topliss-reactive ketones (excluding diaryl/α,β-unsaturated/α-hetero) is 2. The van der Waals surface area contributed by atoms with E-state index in [-0.39, 0.29) is 35.1 Å². The van der Waals surface area contributed by atoms with Crippen molar-refractivity contribution in [3.8, 4) is 22.3 Å². The largest absolute Gasteiger partial charge is 1.00 e. The van der Waals surface area contributed by atoms with Crippen LogP contribution in [0.3, 0.4) is 0 Å². The molecule has 0 N–H and O–H groups in total. The van der Waals surface area contributed by atoms with Crippen molar-refractivity contribution in [3.63, 3.8) is 0 Å². The van der Waals surface area contributed by atoms with Crippen LogP contribution in [0.2, 0.25) is 0 Å². The molecule has 0 saturated carbocycles. The van der Waals surface area contributed by atoms with Crippen molar-refractivity contribution in [2.75, 3.05) is 6.54 Å². The standard InChI is InChI=1S/C46H36N.C23H21NO.C16H15NO.C7H7Br.BrH/c1-29-23-33-13-5-9-17-39(33)45-41(29)27-47(28-42-30(2)24-34-14-6-10-18-40(34)46(42)45)25-35-21-19-31-11-3-7-15-37(31)43(35)44-36(26-47)22-20-32-12-4-8-16-38(32)44;1-18(25)22(17-19-11-5-2-6-12-19)24-23(20-13-7-3-8-14-20)21-15-9-4-10-16-21;1-13(18)12-17-16(14-8-4-2-5-9-14)15-10-6-3-7-11-15;8-6-7-4-2-1-3-5-7;/h3-24H,25-28H2,1-2H3;2-16,22H,17H2,1H3;2-11H,12H2,1H3;1-5H,6H2;1H/q+1;;;;/p-1/t;22-;;;/m.0.../s1. The summed E-state index contributed by atoms with van der Waals surface area (Å²) < 4.78 is 0.967. The van der Waals surface area contributed by atoms with Crippen LogP contribution in [0.15, 0.2) is 325 Å². The molecule has 2 heterocycles. The van der Waals surface area contributed by atoms with Crippen molar-refractivity contribution >= 4 is 82.0 Å². The van der Waals surface area contributed by atoms with E-state index in [2.05, 4.69) is 180 Å². The lowest BCUT2D eigenvalue weighted by atomic mass is 9.85. The number of hydrogen-bond donors (Lipinski definition) is 0. The molecule has 2 aliphatic rings. The van der Waals surface area contributed by atoms with Crippen LogP contribution in [0.25, 0.3) is 65.3 Å². The van der Waals surface area contributed by atoms with E-state index in [1.54, 1.807) is 13.8 Å². The first-order chi connectivity index (χ1) is 48.0. The highest BCUT2D eigenvalue weighted by Gasteiger charge is 2.40. The second-order valence-corrected chi connectivity index (χ2v) is 26.5. The Bertz CT molecular complexity index is 4950. The van der Waals surface area contributed by atoms with E-state index in [9.17, 15) is 9.59 Å². The number of quaternary nitrogens is 1. The van der Waals surface area contributed by atoms with Crippen LogP contribution in [0.4, 0.5) is 0 Å².